The van der Waals surface area contributed by atoms with E-state index in [1.54, 1.807) is 6.33 Å². The Bertz CT molecular complexity index is 2890. The van der Waals surface area contributed by atoms with E-state index >= 15 is 0 Å². The fraction of sp³-hybridized carbons (Fsp3) is 0.190. The van der Waals surface area contributed by atoms with Crippen LogP contribution < -0.4 is 0 Å². The molecule has 3 aliphatic rings. The highest BCUT2D eigenvalue weighted by atomic mass is 14.8. The first-order chi connectivity index (χ1) is 30.0. The normalized spacial score (nSPS) is 16.1. The van der Waals surface area contributed by atoms with Gasteiger partial charge in [0.05, 0.1) is 17.1 Å². The van der Waals surface area contributed by atoms with Crippen LogP contribution in [-0.2, 0) is 18.3 Å². The van der Waals surface area contributed by atoms with Crippen molar-refractivity contribution in [3.8, 4) is 22.5 Å². The van der Waals surface area contributed by atoms with Gasteiger partial charge in [-0.25, -0.2) is 9.97 Å². The van der Waals surface area contributed by atoms with Gasteiger partial charge in [0, 0.05) is 27.8 Å². The third-order valence-electron chi connectivity index (χ3n) is 13.4. The maximum atomic E-state index is 5.45. The summed E-state index contributed by atoms with van der Waals surface area (Å²) in [6.07, 6.45) is 21.0. The minimum atomic E-state index is -0.0617. The standard InChI is InChI=1S/C58H51N3/c1-40(49-24-12-18-42-15-4-7-21-51(42)49)37-56(61-41(2)50-25-13-19-43-16-5-8-22-52(43)50)46-29-33-48(34-30-46)58(35-10-3-11-36-58)47-31-27-45(28-32-47)55-38-57(60-39-59-55)54-26-14-20-44-17-6-9-23-53(44)54/h4-5,7-9,12,14-16,18,20-34,37-39H,1,3,6,10-11,13,17,19,35-36H2,2H3/b56-37-,61-41+. The minimum absolute atomic E-state index is 0.0617. The SMILES string of the molecule is C=C(/C=C(\N=C(/C)C1=CCCc2ccccc21)c1ccc(C2(c3ccc(-c4cc(-c5cccc6c5C=CCC6)ncn4)cc3)CCCCC2)cc1)c1cccc2ccccc12. The summed E-state index contributed by atoms with van der Waals surface area (Å²) in [7, 11) is 0. The van der Waals surface area contributed by atoms with Crippen molar-refractivity contribution in [1.29, 1.82) is 0 Å². The van der Waals surface area contributed by atoms with Crippen LogP contribution in [0.2, 0.25) is 0 Å². The Kier molecular flexibility index (Phi) is 10.6. The van der Waals surface area contributed by atoms with Gasteiger partial charge in [-0.2, -0.15) is 0 Å². The molecule has 6 aromatic carbocycles. The van der Waals surface area contributed by atoms with Crippen molar-refractivity contribution < 1.29 is 0 Å². The molecule has 1 aromatic heterocycles. The molecule has 3 heteroatoms. The molecule has 0 amide bonds. The molecule has 0 spiro atoms. The van der Waals surface area contributed by atoms with Crippen molar-refractivity contribution in [2.45, 2.75) is 70.1 Å². The molecule has 0 aliphatic heterocycles. The van der Waals surface area contributed by atoms with Gasteiger partial charge < -0.3 is 0 Å². The number of aromatic nitrogens is 2. The smallest absolute Gasteiger partial charge is 0.116 e. The zero-order valence-corrected chi connectivity index (χ0v) is 35.1. The molecular weight excluding hydrogens is 739 g/mol. The van der Waals surface area contributed by atoms with Crippen LogP contribution in [0.4, 0.5) is 0 Å². The quantitative estimate of drug-likeness (QED) is 0.108. The summed E-state index contributed by atoms with van der Waals surface area (Å²) in [6.45, 7) is 6.79. The first-order valence-electron chi connectivity index (χ1n) is 22.1. The van der Waals surface area contributed by atoms with Crippen LogP contribution in [0.1, 0.15) is 96.4 Å². The third-order valence-corrected chi connectivity index (χ3v) is 13.4. The van der Waals surface area contributed by atoms with E-state index in [9.17, 15) is 0 Å². The van der Waals surface area contributed by atoms with Gasteiger partial charge in [0.25, 0.3) is 0 Å². The van der Waals surface area contributed by atoms with Crippen LogP contribution in [0.5, 0.6) is 0 Å². The van der Waals surface area contributed by atoms with Crippen molar-refractivity contribution in [1.82, 2.24) is 9.97 Å². The molecule has 61 heavy (non-hydrogen) atoms. The number of hydrogen-bond acceptors (Lipinski definition) is 3. The van der Waals surface area contributed by atoms with Gasteiger partial charge in [-0.3, -0.25) is 4.99 Å². The average molecular weight is 790 g/mol. The summed E-state index contributed by atoms with van der Waals surface area (Å²) in [6, 6.07) is 51.1. The Morgan fingerprint density at radius 3 is 2.21 bits per heavy atom. The van der Waals surface area contributed by atoms with Crippen molar-refractivity contribution in [3.63, 3.8) is 0 Å². The van der Waals surface area contributed by atoms with E-state index in [1.807, 2.05) is 0 Å². The van der Waals surface area contributed by atoms with Gasteiger partial charge >= 0.3 is 0 Å². The second-order valence-corrected chi connectivity index (χ2v) is 17.0. The molecule has 0 saturated heterocycles. The van der Waals surface area contributed by atoms with Crippen LogP contribution in [0, 0.1) is 0 Å². The summed E-state index contributed by atoms with van der Waals surface area (Å²) in [5, 5.41) is 2.41. The highest BCUT2D eigenvalue weighted by Crippen LogP contribution is 2.46. The lowest BCUT2D eigenvalue weighted by Crippen LogP contribution is -2.30. The maximum absolute atomic E-state index is 5.45. The van der Waals surface area contributed by atoms with Crippen molar-refractivity contribution >= 4 is 39.4 Å². The third kappa shape index (κ3) is 7.55. The Balaban J connectivity index is 0.993. The summed E-state index contributed by atoms with van der Waals surface area (Å²) in [5.74, 6) is 0. The Morgan fingerprint density at radius 2 is 1.36 bits per heavy atom. The van der Waals surface area contributed by atoms with Crippen LogP contribution >= 0.6 is 0 Å². The fourth-order valence-corrected chi connectivity index (χ4v) is 10.2. The summed E-state index contributed by atoms with van der Waals surface area (Å²) in [4.78, 5) is 14.9. The molecule has 0 bridgehead atoms. The molecule has 0 atom stereocenters. The lowest BCUT2D eigenvalue weighted by molar-refractivity contribution is 0.346. The van der Waals surface area contributed by atoms with E-state index in [0.29, 0.717) is 0 Å². The molecule has 1 heterocycles. The predicted molar refractivity (Wildman–Crippen MR) is 257 cm³/mol. The summed E-state index contributed by atoms with van der Waals surface area (Å²) < 4.78 is 0. The van der Waals surface area contributed by atoms with Gasteiger partial charge in [-0.1, -0.05) is 178 Å². The Hall–Kier alpha value is -6.71. The van der Waals surface area contributed by atoms with Gasteiger partial charge in [0.2, 0.25) is 0 Å². The molecule has 0 unspecified atom stereocenters. The molecular formula is C58H51N3. The highest BCUT2D eigenvalue weighted by molar-refractivity contribution is 6.24. The topological polar surface area (TPSA) is 38.1 Å². The lowest BCUT2D eigenvalue weighted by Gasteiger charge is -2.39. The first kappa shape index (κ1) is 38.5. The van der Waals surface area contributed by atoms with Crippen LogP contribution in [0.3, 0.4) is 0 Å². The molecule has 3 aliphatic carbocycles. The summed E-state index contributed by atoms with van der Waals surface area (Å²) in [5.41, 5.74) is 18.6. The van der Waals surface area contributed by atoms with E-state index in [4.69, 9.17) is 15.0 Å². The number of allylic oxidation sites excluding steroid dienone is 5. The monoisotopic (exact) mass is 789 g/mol. The van der Waals surface area contributed by atoms with E-state index in [0.717, 1.165) is 83.6 Å². The second kappa shape index (κ2) is 16.7. The second-order valence-electron chi connectivity index (χ2n) is 17.0. The molecule has 1 fully saturated rings. The van der Waals surface area contributed by atoms with E-state index in [1.165, 1.54) is 74.6 Å². The van der Waals surface area contributed by atoms with Crippen molar-refractivity contribution in [3.05, 3.63) is 215 Å². The van der Waals surface area contributed by atoms with Crippen LogP contribution in [-0.4, -0.2) is 15.7 Å². The Morgan fingerprint density at radius 1 is 0.672 bits per heavy atom. The number of aliphatic imine (C=N–C) groups is 1. The van der Waals surface area contributed by atoms with E-state index in [2.05, 4.69) is 177 Å². The number of aryl methyl sites for hydroxylation is 2. The molecule has 0 radical (unpaired) electrons. The zero-order valence-electron chi connectivity index (χ0n) is 35.1. The predicted octanol–water partition coefficient (Wildman–Crippen LogP) is 14.7. The van der Waals surface area contributed by atoms with Crippen molar-refractivity contribution in [2.24, 2.45) is 4.99 Å². The average Bonchev–Trinajstić information content (AvgIpc) is 3.33. The Labute approximate surface area is 360 Å². The molecule has 298 valence electrons. The lowest BCUT2D eigenvalue weighted by atomic mass is 9.65. The first-order valence-corrected chi connectivity index (χ1v) is 22.1. The van der Waals surface area contributed by atoms with Gasteiger partial charge in [-0.15, -0.1) is 0 Å². The van der Waals surface area contributed by atoms with Crippen LogP contribution in [0.25, 0.3) is 56.2 Å². The van der Waals surface area contributed by atoms with Gasteiger partial charge in [0.15, 0.2) is 0 Å². The number of fused-ring (bicyclic) bond motifs is 3. The summed E-state index contributed by atoms with van der Waals surface area (Å²) >= 11 is 0. The fourth-order valence-electron chi connectivity index (χ4n) is 10.2. The number of hydrogen-bond donors (Lipinski definition) is 0. The number of rotatable bonds is 9. The zero-order chi connectivity index (χ0) is 41.2. The van der Waals surface area contributed by atoms with Crippen LogP contribution in [0.15, 0.2) is 176 Å². The van der Waals surface area contributed by atoms with Crippen molar-refractivity contribution in [2.75, 3.05) is 0 Å². The molecule has 10 rings (SSSR count). The molecule has 0 N–H and O–H groups in total. The maximum Gasteiger partial charge on any atom is 0.116 e. The number of nitrogens with zero attached hydrogens (tertiary/aromatic N) is 3. The highest BCUT2D eigenvalue weighted by Gasteiger charge is 2.36. The van der Waals surface area contributed by atoms with Gasteiger partial charge in [-0.05, 0) is 118 Å². The van der Waals surface area contributed by atoms with E-state index < -0.39 is 0 Å². The van der Waals surface area contributed by atoms with E-state index in [-0.39, 0.29) is 5.41 Å². The largest absolute Gasteiger partial charge is 0.252 e. The molecule has 3 nitrogen and oxygen atoms in total. The minimum Gasteiger partial charge on any atom is -0.252 e. The number of benzene rings is 6. The van der Waals surface area contributed by atoms with Gasteiger partial charge in [0.1, 0.15) is 6.33 Å². The molecule has 1 saturated carbocycles. The molecule has 7 aromatic rings.